The third-order valence-corrected chi connectivity index (χ3v) is 5.95. The van der Waals surface area contributed by atoms with E-state index < -0.39 is 11.7 Å². The number of rotatable bonds is 7. The van der Waals surface area contributed by atoms with Crippen molar-refractivity contribution < 1.29 is 23.5 Å². The molecule has 174 valence electrons. The van der Waals surface area contributed by atoms with Gasteiger partial charge in [-0.25, -0.2) is 9.29 Å². The number of nitrogens with zero attached hydrogens (tertiary/aromatic N) is 2. The molecule has 2 heterocycles. The maximum absolute atomic E-state index is 13.7. The van der Waals surface area contributed by atoms with Crippen LogP contribution in [0.3, 0.4) is 0 Å². The minimum absolute atomic E-state index is 0.306. The van der Waals surface area contributed by atoms with E-state index in [0.717, 1.165) is 12.8 Å². The lowest BCUT2D eigenvalue weighted by molar-refractivity contribution is -0.120. The van der Waals surface area contributed by atoms with Gasteiger partial charge in [0.1, 0.15) is 11.5 Å². The highest BCUT2D eigenvalue weighted by atomic mass is 19.1. The molecule has 0 bridgehead atoms. The molecule has 1 saturated heterocycles. The van der Waals surface area contributed by atoms with Gasteiger partial charge in [0.25, 0.3) is 11.8 Å². The molecule has 4 rings (SSSR count). The normalized spacial score (nSPS) is 18.8. The predicted molar refractivity (Wildman–Crippen MR) is 125 cm³/mol. The number of carbonyl (C=O) groups excluding carboxylic acids is 2. The average Bonchev–Trinajstić information content (AvgIpc) is 3.06. The first-order valence-corrected chi connectivity index (χ1v) is 11.5. The number of amides is 2. The molecular formula is C26H29FN2O4. The molecule has 1 atom stereocenters. The van der Waals surface area contributed by atoms with Crippen LogP contribution in [0, 0.1) is 11.7 Å². The number of ether oxygens (including phenoxy) is 2. The number of likely N-dealkylation sites (tertiary alicyclic amines) is 1. The lowest BCUT2D eigenvalue weighted by Crippen LogP contribution is -2.39. The summed E-state index contributed by atoms with van der Waals surface area (Å²) in [6, 6.07) is 10.8. The molecular weight excluding hydrogens is 423 g/mol. The van der Waals surface area contributed by atoms with Crippen molar-refractivity contribution in [1.29, 1.82) is 0 Å². The van der Waals surface area contributed by atoms with Crippen LogP contribution in [-0.2, 0) is 9.59 Å². The van der Waals surface area contributed by atoms with Crippen LogP contribution in [0.1, 0.15) is 39.2 Å². The third-order valence-electron chi connectivity index (χ3n) is 5.95. The minimum Gasteiger partial charge on any atom is -0.490 e. The summed E-state index contributed by atoms with van der Waals surface area (Å²) in [6.07, 6.45) is 2.03. The standard InChI is InChI=1S/C26H29FN2O4/c1-4-32-21-13-12-20(15-22(21)33-5-2)29-25(30)23(18-8-10-19(27)11-9-18)24(26(29)31)28-14-6-7-17(3)16-28/h8-13,15,17H,4-7,14,16H2,1-3H3. The highest BCUT2D eigenvalue weighted by molar-refractivity contribution is 6.45. The Morgan fingerprint density at radius 3 is 2.33 bits per heavy atom. The quantitative estimate of drug-likeness (QED) is 0.573. The van der Waals surface area contributed by atoms with Gasteiger partial charge in [-0.3, -0.25) is 9.59 Å². The monoisotopic (exact) mass is 452 g/mol. The Labute approximate surface area is 193 Å². The Morgan fingerprint density at radius 2 is 1.67 bits per heavy atom. The summed E-state index contributed by atoms with van der Waals surface area (Å²) in [4.78, 5) is 30.6. The van der Waals surface area contributed by atoms with Crippen LogP contribution >= 0.6 is 0 Å². The molecule has 0 aliphatic carbocycles. The number of halogens is 1. The Hall–Kier alpha value is -3.35. The highest BCUT2D eigenvalue weighted by Crippen LogP contribution is 2.39. The number of imide groups is 1. The second-order valence-corrected chi connectivity index (χ2v) is 8.37. The fraction of sp³-hybridized carbons (Fsp3) is 0.385. The van der Waals surface area contributed by atoms with Crippen molar-refractivity contribution in [2.24, 2.45) is 5.92 Å². The summed E-state index contributed by atoms with van der Waals surface area (Å²) in [7, 11) is 0. The molecule has 33 heavy (non-hydrogen) atoms. The van der Waals surface area contributed by atoms with E-state index in [-0.39, 0.29) is 5.91 Å². The van der Waals surface area contributed by atoms with E-state index >= 15 is 0 Å². The number of piperidine rings is 1. The Morgan fingerprint density at radius 1 is 0.970 bits per heavy atom. The van der Waals surface area contributed by atoms with Gasteiger partial charge in [-0.05, 0) is 62.4 Å². The average molecular weight is 453 g/mol. The van der Waals surface area contributed by atoms with Crippen LogP contribution in [0.25, 0.3) is 5.57 Å². The predicted octanol–water partition coefficient (Wildman–Crippen LogP) is 4.64. The van der Waals surface area contributed by atoms with Gasteiger partial charge in [0.15, 0.2) is 11.5 Å². The van der Waals surface area contributed by atoms with Crippen molar-refractivity contribution in [3.8, 4) is 11.5 Å². The van der Waals surface area contributed by atoms with E-state index in [1.807, 2.05) is 18.7 Å². The summed E-state index contributed by atoms with van der Waals surface area (Å²) in [5, 5.41) is 0. The zero-order chi connectivity index (χ0) is 23.5. The Bertz CT molecular complexity index is 1080. The van der Waals surface area contributed by atoms with E-state index in [4.69, 9.17) is 9.47 Å². The first kappa shape index (κ1) is 22.8. The zero-order valence-electron chi connectivity index (χ0n) is 19.3. The molecule has 2 aromatic rings. The highest BCUT2D eigenvalue weighted by Gasteiger charge is 2.43. The first-order valence-electron chi connectivity index (χ1n) is 11.5. The smallest absolute Gasteiger partial charge is 0.282 e. The minimum atomic E-state index is -0.425. The van der Waals surface area contributed by atoms with Crippen LogP contribution in [-0.4, -0.2) is 43.0 Å². The lowest BCUT2D eigenvalue weighted by Gasteiger charge is -2.33. The number of benzene rings is 2. The fourth-order valence-corrected chi connectivity index (χ4v) is 4.49. The molecule has 2 amide bonds. The molecule has 1 fully saturated rings. The number of carbonyl (C=O) groups is 2. The van der Waals surface area contributed by atoms with Crippen LogP contribution in [0.5, 0.6) is 11.5 Å². The topological polar surface area (TPSA) is 59.1 Å². The van der Waals surface area contributed by atoms with E-state index in [1.165, 1.54) is 17.0 Å². The van der Waals surface area contributed by atoms with Crippen molar-refractivity contribution >= 4 is 23.1 Å². The van der Waals surface area contributed by atoms with Gasteiger partial charge in [-0.2, -0.15) is 0 Å². The SMILES string of the molecule is CCOc1ccc(N2C(=O)C(c3ccc(F)cc3)=C(N3CCCC(C)C3)C2=O)cc1OCC. The van der Waals surface area contributed by atoms with Crippen LogP contribution in [0.15, 0.2) is 48.2 Å². The molecule has 0 aromatic heterocycles. The summed E-state index contributed by atoms with van der Waals surface area (Å²) in [5.41, 5.74) is 1.63. The van der Waals surface area contributed by atoms with Gasteiger partial charge in [0, 0.05) is 19.2 Å². The van der Waals surface area contributed by atoms with Gasteiger partial charge in [-0.15, -0.1) is 0 Å². The van der Waals surface area contributed by atoms with Gasteiger partial charge in [0.05, 0.1) is 24.5 Å². The summed E-state index contributed by atoms with van der Waals surface area (Å²) in [6.45, 7) is 8.16. The molecule has 0 saturated carbocycles. The maximum atomic E-state index is 13.7. The van der Waals surface area contributed by atoms with Crippen molar-refractivity contribution in [3.63, 3.8) is 0 Å². The molecule has 0 spiro atoms. The van der Waals surface area contributed by atoms with Gasteiger partial charge in [-0.1, -0.05) is 19.1 Å². The number of hydrogen-bond acceptors (Lipinski definition) is 5. The Balaban J connectivity index is 1.79. The van der Waals surface area contributed by atoms with E-state index in [0.29, 0.717) is 66.2 Å². The molecule has 2 aliphatic rings. The van der Waals surface area contributed by atoms with Crippen LogP contribution < -0.4 is 14.4 Å². The largest absolute Gasteiger partial charge is 0.490 e. The van der Waals surface area contributed by atoms with E-state index in [9.17, 15) is 14.0 Å². The summed E-state index contributed by atoms with van der Waals surface area (Å²) < 4.78 is 24.9. The van der Waals surface area contributed by atoms with Crippen LogP contribution in [0.2, 0.25) is 0 Å². The van der Waals surface area contributed by atoms with Gasteiger partial charge in [0.2, 0.25) is 0 Å². The number of hydrogen-bond donors (Lipinski definition) is 0. The summed E-state index contributed by atoms with van der Waals surface area (Å²) >= 11 is 0. The molecule has 1 unspecified atom stereocenters. The third kappa shape index (κ3) is 4.45. The van der Waals surface area contributed by atoms with Crippen LogP contribution in [0.4, 0.5) is 10.1 Å². The zero-order valence-corrected chi connectivity index (χ0v) is 19.3. The molecule has 6 nitrogen and oxygen atoms in total. The van der Waals surface area contributed by atoms with Crippen molar-refractivity contribution in [2.45, 2.75) is 33.6 Å². The maximum Gasteiger partial charge on any atom is 0.282 e. The molecule has 2 aromatic carbocycles. The van der Waals surface area contributed by atoms with Crippen molar-refractivity contribution in [1.82, 2.24) is 4.90 Å². The Kier molecular flexibility index (Phi) is 6.67. The summed E-state index contributed by atoms with van der Waals surface area (Å²) in [5.74, 6) is 0.244. The van der Waals surface area contributed by atoms with Gasteiger partial charge < -0.3 is 14.4 Å². The number of anilines is 1. The molecule has 0 radical (unpaired) electrons. The van der Waals surface area contributed by atoms with E-state index in [1.54, 1.807) is 30.3 Å². The van der Waals surface area contributed by atoms with Gasteiger partial charge >= 0.3 is 0 Å². The second kappa shape index (κ2) is 9.65. The molecule has 0 N–H and O–H groups in total. The fourth-order valence-electron chi connectivity index (χ4n) is 4.49. The second-order valence-electron chi connectivity index (χ2n) is 8.37. The van der Waals surface area contributed by atoms with E-state index in [2.05, 4.69) is 6.92 Å². The van der Waals surface area contributed by atoms with Crippen molar-refractivity contribution in [2.75, 3.05) is 31.2 Å². The molecule has 2 aliphatic heterocycles. The lowest BCUT2D eigenvalue weighted by atomic mass is 9.98. The van der Waals surface area contributed by atoms with Crippen molar-refractivity contribution in [3.05, 3.63) is 59.5 Å². The first-order chi connectivity index (χ1) is 15.9. The molecule has 7 heteroatoms.